The highest BCUT2D eigenvalue weighted by Crippen LogP contribution is 2.21. The third-order valence-electron chi connectivity index (χ3n) is 5.09. The molecule has 148 valence electrons. The van der Waals surface area contributed by atoms with Gasteiger partial charge in [0.25, 0.3) is 5.56 Å². The van der Waals surface area contributed by atoms with Gasteiger partial charge >= 0.3 is 0 Å². The van der Waals surface area contributed by atoms with E-state index >= 15 is 0 Å². The number of nitrogens with zero attached hydrogens (tertiary/aromatic N) is 8. The van der Waals surface area contributed by atoms with E-state index in [2.05, 4.69) is 30.3 Å². The van der Waals surface area contributed by atoms with Gasteiger partial charge in [-0.3, -0.25) is 14.0 Å². The van der Waals surface area contributed by atoms with Crippen LogP contribution in [0.2, 0.25) is 0 Å². The van der Waals surface area contributed by atoms with Crippen LogP contribution in [0.4, 0.5) is 17.6 Å². The summed E-state index contributed by atoms with van der Waals surface area (Å²) >= 11 is 0. The van der Waals surface area contributed by atoms with Crippen molar-refractivity contribution in [1.82, 2.24) is 29.3 Å². The van der Waals surface area contributed by atoms with E-state index in [4.69, 9.17) is 0 Å². The molecule has 1 N–H and O–H groups in total. The topological polar surface area (TPSA) is 97.0 Å². The Kier molecular flexibility index (Phi) is 4.62. The third kappa shape index (κ3) is 3.37. The predicted octanol–water partition coefficient (Wildman–Crippen LogP) is 0.604. The Morgan fingerprint density at radius 3 is 2.64 bits per heavy atom. The zero-order valence-electron chi connectivity index (χ0n) is 16.6. The first-order valence-corrected chi connectivity index (χ1v) is 9.33. The van der Waals surface area contributed by atoms with Crippen LogP contribution in [0.3, 0.4) is 0 Å². The van der Waals surface area contributed by atoms with Crippen LogP contribution in [0.15, 0.2) is 23.4 Å². The lowest BCUT2D eigenvalue weighted by Gasteiger charge is -2.33. The molecule has 0 bridgehead atoms. The summed E-state index contributed by atoms with van der Waals surface area (Å²) in [5.74, 6) is 2.38. The summed E-state index contributed by atoms with van der Waals surface area (Å²) < 4.78 is 3.24. The maximum atomic E-state index is 12.6. The number of hydrogen-bond donors (Lipinski definition) is 1. The molecular weight excluding hydrogens is 358 g/mol. The molecule has 0 amide bonds. The molecule has 0 saturated carbocycles. The van der Waals surface area contributed by atoms with E-state index in [1.54, 1.807) is 35.9 Å². The summed E-state index contributed by atoms with van der Waals surface area (Å²) in [4.78, 5) is 29.9. The number of hydrogen-bond acceptors (Lipinski definition) is 8. The van der Waals surface area contributed by atoms with Crippen LogP contribution in [-0.2, 0) is 14.1 Å². The second kappa shape index (κ2) is 7.10. The molecule has 28 heavy (non-hydrogen) atoms. The van der Waals surface area contributed by atoms with Gasteiger partial charge in [-0.05, 0) is 12.8 Å². The monoisotopic (exact) mass is 383 g/mol. The summed E-state index contributed by atoms with van der Waals surface area (Å²) in [7, 11) is 7.48. The minimum atomic E-state index is -0.0643. The summed E-state index contributed by atoms with van der Waals surface area (Å²) in [6.45, 7) is 1.61. The Labute approximate surface area is 162 Å². The number of aryl methyl sites for hydroxylation is 1. The van der Waals surface area contributed by atoms with Gasteiger partial charge in [0, 0.05) is 59.6 Å². The first-order chi connectivity index (χ1) is 13.4. The van der Waals surface area contributed by atoms with Gasteiger partial charge < -0.3 is 15.1 Å². The van der Waals surface area contributed by atoms with Crippen LogP contribution in [0.5, 0.6) is 0 Å². The van der Waals surface area contributed by atoms with Crippen molar-refractivity contribution >= 4 is 28.6 Å². The fraction of sp³-hybridized carbons (Fsp3) is 0.500. The van der Waals surface area contributed by atoms with Gasteiger partial charge in [-0.1, -0.05) is 0 Å². The summed E-state index contributed by atoms with van der Waals surface area (Å²) in [5.41, 5.74) is 0.434. The second-order valence-electron chi connectivity index (χ2n) is 7.38. The van der Waals surface area contributed by atoms with E-state index in [1.807, 2.05) is 25.1 Å². The van der Waals surface area contributed by atoms with Crippen molar-refractivity contribution in [2.75, 3.05) is 42.3 Å². The Morgan fingerprint density at radius 2 is 1.93 bits per heavy atom. The van der Waals surface area contributed by atoms with Crippen LogP contribution in [0.25, 0.3) is 11.0 Å². The molecule has 4 rings (SSSR count). The molecule has 1 aliphatic heterocycles. The van der Waals surface area contributed by atoms with Crippen LogP contribution < -0.4 is 20.7 Å². The summed E-state index contributed by atoms with van der Waals surface area (Å²) in [6, 6.07) is 2.27. The Balaban J connectivity index is 1.47. The van der Waals surface area contributed by atoms with Crippen molar-refractivity contribution in [2.45, 2.75) is 18.9 Å². The van der Waals surface area contributed by atoms with Gasteiger partial charge in [-0.25, -0.2) is 9.97 Å². The molecule has 3 aromatic heterocycles. The standard InChI is InChI=1S/C18H25N9O/c1-24(2)15-9-14(19-11-20-15)21-12-5-7-27(8-6-12)18-22-16-13(10-25(3)23-16)17(28)26(18)4/h9-12H,5-8H2,1-4H3,(H,19,20,21). The minimum absolute atomic E-state index is 0.0643. The van der Waals surface area contributed by atoms with E-state index in [-0.39, 0.29) is 5.56 Å². The van der Waals surface area contributed by atoms with Gasteiger partial charge in [0.05, 0.1) is 0 Å². The Morgan fingerprint density at radius 1 is 1.18 bits per heavy atom. The maximum Gasteiger partial charge on any atom is 0.265 e. The molecular formula is C18H25N9O. The SMILES string of the molecule is CN(C)c1cc(NC2CCN(c3nc4nn(C)cc4c(=O)n3C)CC2)ncn1. The van der Waals surface area contributed by atoms with Crippen molar-refractivity contribution in [3.63, 3.8) is 0 Å². The van der Waals surface area contributed by atoms with Crippen molar-refractivity contribution in [3.8, 4) is 0 Å². The van der Waals surface area contributed by atoms with E-state index in [1.165, 1.54) is 0 Å². The molecule has 4 heterocycles. The lowest BCUT2D eigenvalue weighted by molar-refractivity contribution is 0.512. The maximum absolute atomic E-state index is 12.6. The number of nitrogens with one attached hydrogen (secondary N) is 1. The van der Waals surface area contributed by atoms with Crippen LogP contribution in [0.1, 0.15) is 12.8 Å². The van der Waals surface area contributed by atoms with Gasteiger partial charge in [-0.15, -0.1) is 0 Å². The molecule has 1 fully saturated rings. The van der Waals surface area contributed by atoms with E-state index < -0.39 is 0 Å². The van der Waals surface area contributed by atoms with Gasteiger partial charge in [0.2, 0.25) is 5.95 Å². The molecule has 0 aliphatic carbocycles. The fourth-order valence-corrected chi connectivity index (χ4v) is 3.54. The summed E-state index contributed by atoms with van der Waals surface area (Å²) in [6.07, 6.45) is 5.15. The van der Waals surface area contributed by atoms with Crippen molar-refractivity contribution in [2.24, 2.45) is 14.1 Å². The van der Waals surface area contributed by atoms with Crippen molar-refractivity contribution < 1.29 is 0 Å². The first-order valence-electron chi connectivity index (χ1n) is 9.33. The van der Waals surface area contributed by atoms with Crippen molar-refractivity contribution in [1.29, 1.82) is 0 Å². The lowest BCUT2D eigenvalue weighted by atomic mass is 10.1. The molecule has 1 saturated heterocycles. The molecule has 3 aromatic rings. The highest BCUT2D eigenvalue weighted by Gasteiger charge is 2.23. The first kappa shape index (κ1) is 18.2. The fourth-order valence-electron chi connectivity index (χ4n) is 3.54. The zero-order chi connectivity index (χ0) is 19.8. The average Bonchev–Trinajstić information content (AvgIpc) is 3.06. The average molecular weight is 383 g/mol. The van der Waals surface area contributed by atoms with E-state index in [9.17, 15) is 4.79 Å². The zero-order valence-corrected chi connectivity index (χ0v) is 16.6. The Bertz CT molecular complexity index is 1050. The normalized spacial score (nSPS) is 15.2. The highest BCUT2D eigenvalue weighted by molar-refractivity contribution is 5.74. The number of rotatable bonds is 4. The largest absolute Gasteiger partial charge is 0.367 e. The number of fused-ring (bicyclic) bond motifs is 1. The van der Waals surface area contributed by atoms with Gasteiger partial charge in [0.1, 0.15) is 23.3 Å². The second-order valence-corrected chi connectivity index (χ2v) is 7.38. The molecule has 0 aromatic carbocycles. The van der Waals surface area contributed by atoms with Crippen LogP contribution >= 0.6 is 0 Å². The molecule has 1 aliphatic rings. The van der Waals surface area contributed by atoms with Crippen LogP contribution in [-0.4, -0.2) is 62.5 Å². The predicted molar refractivity (Wildman–Crippen MR) is 109 cm³/mol. The van der Waals surface area contributed by atoms with E-state index in [0.717, 1.165) is 37.6 Å². The lowest BCUT2D eigenvalue weighted by Crippen LogP contribution is -2.42. The number of anilines is 3. The summed E-state index contributed by atoms with van der Waals surface area (Å²) in [5, 5.41) is 8.34. The molecule has 10 heteroatoms. The van der Waals surface area contributed by atoms with Crippen molar-refractivity contribution in [3.05, 3.63) is 28.9 Å². The minimum Gasteiger partial charge on any atom is -0.367 e. The smallest absolute Gasteiger partial charge is 0.265 e. The molecule has 0 atom stereocenters. The number of piperidine rings is 1. The van der Waals surface area contributed by atoms with Gasteiger partial charge in [-0.2, -0.15) is 10.1 Å². The quantitative estimate of drug-likeness (QED) is 0.700. The molecule has 10 nitrogen and oxygen atoms in total. The third-order valence-corrected chi connectivity index (χ3v) is 5.09. The number of aromatic nitrogens is 6. The van der Waals surface area contributed by atoms with Crippen LogP contribution in [0, 0.1) is 0 Å². The van der Waals surface area contributed by atoms with Gasteiger partial charge in [0.15, 0.2) is 5.65 Å². The molecule has 0 radical (unpaired) electrons. The molecule has 0 unspecified atom stereocenters. The molecule has 0 spiro atoms. The highest BCUT2D eigenvalue weighted by atomic mass is 16.1. The Hall–Kier alpha value is -3.17. The van der Waals surface area contributed by atoms with E-state index in [0.29, 0.717) is 23.0 Å².